The van der Waals surface area contributed by atoms with E-state index in [1.54, 1.807) is 15.9 Å². The number of aromatic nitrogens is 1. The second-order valence-electron chi connectivity index (χ2n) is 4.75. The summed E-state index contributed by atoms with van der Waals surface area (Å²) in [7, 11) is 0. The van der Waals surface area contributed by atoms with Gasteiger partial charge in [0.15, 0.2) is 5.58 Å². The number of alkyl halides is 1. The van der Waals surface area contributed by atoms with Gasteiger partial charge < -0.3 is 4.42 Å². The van der Waals surface area contributed by atoms with Crippen molar-refractivity contribution in [3.63, 3.8) is 0 Å². The van der Waals surface area contributed by atoms with Gasteiger partial charge in [-0.05, 0) is 52.2 Å². The number of thiophene rings is 1. The summed E-state index contributed by atoms with van der Waals surface area (Å²) < 4.78 is 8.15. The summed E-state index contributed by atoms with van der Waals surface area (Å²) in [6, 6.07) is 10.1. The molecule has 3 nitrogen and oxygen atoms in total. The maximum atomic E-state index is 11.9. The summed E-state index contributed by atoms with van der Waals surface area (Å²) in [6.07, 6.45) is 0.903. The third-order valence-corrected chi connectivity index (χ3v) is 6.29. The van der Waals surface area contributed by atoms with Gasteiger partial charge in [-0.3, -0.25) is 4.57 Å². The summed E-state index contributed by atoms with van der Waals surface area (Å²) in [5.74, 6) is -0.283. The van der Waals surface area contributed by atoms with Gasteiger partial charge in [-0.1, -0.05) is 28.9 Å². The van der Waals surface area contributed by atoms with E-state index in [4.69, 9.17) is 4.42 Å². The van der Waals surface area contributed by atoms with Crippen molar-refractivity contribution in [2.45, 2.75) is 24.7 Å². The van der Waals surface area contributed by atoms with E-state index in [0.717, 1.165) is 21.3 Å². The highest BCUT2D eigenvalue weighted by Gasteiger charge is 2.15. The number of aryl methyl sites for hydroxylation is 1. The van der Waals surface area contributed by atoms with Crippen LogP contribution in [0.2, 0.25) is 0 Å². The quantitative estimate of drug-likeness (QED) is 0.525. The van der Waals surface area contributed by atoms with E-state index in [-0.39, 0.29) is 10.6 Å². The number of rotatable bonds is 4. The molecule has 0 saturated heterocycles. The fraction of sp³-hybridized carbons (Fsp3) is 0.267. The Morgan fingerprint density at radius 3 is 2.81 bits per heavy atom. The van der Waals surface area contributed by atoms with Crippen LogP contribution in [-0.4, -0.2) is 4.57 Å². The van der Waals surface area contributed by atoms with E-state index in [2.05, 4.69) is 37.9 Å². The number of halogens is 2. The van der Waals surface area contributed by atoms with Crippen molar-refractivity contribution in [3.05, 3.63) is 55.1 Å². The van der Waals surface area contributed by atoms with Crippen molar-refractivity contribution in [3.8, 4) is 0 Å². The number of benzene rings is 1. The number of hydrogen-bond donors (Lipinski definition) is 0. The summed E-state index contributed by atoms with van der Waals surface area (Å²) in [5, 5.41) is 0. The van der Waals surface area contributed by atoms with Crippen LogP contribution in [0.3, 0.4) is 0 Å². The molecule has 2 heterocycles. The molecule has 0 saturated carbocycles. The van der Waals surface area contributed by atoms with Gasteiger partial charge in [-0.2, -0.15) is 0 Å². The molecule has 0 spiro atoms. The van der Waals surface area contributed by atoms with E-state index in [1.165, 1.54) is 4.88 Å². The Kier molecular flexibility index (Phi) is 4.38. The van der Waals surface area contributed by atoms with Crippen LogP contribution >= 0.6 is 43.2 Å². The summed E-state index contributed by atoms with van der Waals surface area (Å²) in [4.78, 5) is 13.2. The van der Waals surface area contributed by atoms with Gasteiger partial charge in [0.2, 0.25) is 0 Å². The zero-order valence-corrected chi connectivity index (χ0v) is 15.3. The van der Waals surface area contributed by atoms with Crippen LogP contribution in [-0.2, 0) is 6.54 Å². The van der Waals surface area contributed by atoms with Gasteiger partial charge in [0.1, 0.15) is 0 Å². The minimum absolute atomic E-state index is 0.0954. The lowest BCUT2D eigenvalue weighted by Gasteiger charge is -2.08. The van der Waals surface area contributed by atoms with Gasteiger partial charge in [-0.15, -0.1) is 11.3 Å². The third-order valence-electron chi connectivity index (χ3n) is 3.28. The molecule has 1 atom stereocenters. The van der Waals surface area contributed by atoms with Gasteiger partial charge in [0.05, 0.1) is 14.1 Å². The monoisotopic (exact) mass is 429 g/mol. The fourth-order valence-electron chi connectivity index (χ4n) is 2.30. The third kappa shape index (κ3) is 2.89. The van der Waals surface area contributed by atoms with E-state index in [9.17, 15) is 4.79 Å². The van der Waals surface area contributed by atoms with Crippen LogP contribution in [0, 0.1) is 0 Å². The molecule has 0 radical (unpaired) electrons. The lowest BCUT2D eigenvalue weighted by Crippen LogP contribution is -2.13. The number of nitrogens with zero attached hydrogens (tertiary/aromatic N) is 1. The smallest absolute Gasteiger partial charge is 0.408 e. The van der Waals surface area contributed by atoms with E-state index < -0.39 is 0 Å². The van der Waals surface area contributed by atoms with Gasteiger partial charge in [0.25, 0.3) is 0 Å². The Hall–Kier alpha value is -0.850. The molecule has 0 bridgehead atoms. The molecule has 0 N–H and O–H groups in total. The van der Waals surface area contributed by atoms with Crippen molar-refractivity contribution in [2.24, 2.45) is 0 Å². The minimum atomic E-state index is -0.283. The van der Waals surface area contributed by atoms with Crippen molar-refractivity contribution < 1.29 is 4.42 Å². The summed E-state index contributed by atoms with van der Waals surface area (Å²) >= 11 is 8.87. The first-order chi connectivity index (χ1) is 10.1. The molecule has 0 fully saturated rings. The minimum Gasteiger partial charge on any atom is -0.408 e. The highest BCUT2D eigenvalue weighted by molar-refractivity contribution is 9.11. The van der Waals surface area contributed by atoms with Gasteiger partial charge in [0, 0.05) is 11.4 Å². The summed E-state index contributed by atoms with van der Waals surface area (Å²) in [6.45, 7) is 2.73. The van der Waals surface area contributed by atoms with Crippen molar-refractivity contribution in [1.29, 1.82) is 0 Å². The SMILES string of the molecule is CCCn1c(=O)oc2cc(C(Br)c3ccc(Br)s3)ccc21. The number of fused-ring (bicyclic) bond motifs is 1. The molecular formula is C15H13Br2NO2S. The molecule has 3 aromatic rings. The fourth-order valence-corrected chi connectivity index (χ4v) is 4.45. The molecule has 6 heteroatoms. The zero-order chi connectivity index (χ0) is 15.0. The lowest BCUT2D eigenvalue weighted by molar-refractivity contribution is 0.502. The Morgan fingerprint density at radius 1 is 1.33 bits per heavy atom. The van der Waals surface area contributed by atoms with Crippen LogP contribution in [0.4, 0.5) is 0 Å². The first kappa shape index (κ1) is 15.1. The summed E-state index contributed by atoms with van der Waals surface area (Å²) in [5.41, 5.74) is 2.58. The number of hydrogen-bond acceptors (Lipinski definition) is 3. The second-order valence-corrected chi connectivity index (χ2v) is 8.16. The average molecular weight is 431 g/mol. The van der Waals surface area contributed by atoms with Crippen LogP contribution in [0.25, 0.3) is 11.1 Å². The molecule has 110 valence electrons. The maximum Gasteiger partial charge on any atom is 0.419 e. The van der Waals surface area contributed by atoms with E-state index >= 15 is 0 Å². The van der Waals surface area contributed by atoms with Crippen molar-refractivity contribution in [1.82, 2.24) is 4.57 Å². The predicted octanol–water partition coefficient (Wildman–Crippen LogP) is 5.31. The highest BCUT2D eigenvalue weighted by atomic mass is 79.9. The zero-order valence-electron chi connectivity index (χ0n) is 11.3. The van der Waals surface area contributed by atoms with Crippen LogP contribution in [0.1, 0.15) is 28.6 Å². The van der Waals surface area contributed by atoms with Gasteiger partial charge in [-0.25, -0.2) is 4.79 Å². The first-order valence-electron chi connectivity index (χ1n) is 6.62. The largest absolute Gasteiger partial charge is 0.419 e. The first-order valence-corrected chi connectivity index (χ1v) is 9.15. The Labute approximate surface area is 142 Å². The Morgan fingerprint density at radius 2 is 2.14 bits per heavy atom. The van der Waals surface area contributed by atoms with Crippen LogP contribution in [0.5, 0.6) is 0 Å². The topological polar surface area (TPSA) is 35.1 Å². The van der Waals surface area contributed by atoms with Crippen LogP contribution in [0.15, 0.2) is 43.3 Å². The van der Waals surface area contributed by atoms with Crippen molar-refractivity contribution >= 4 is 54.3 Å². The molecule has 21 heavy (non-hydrogen) atoms. The molecule has 0 aliphatic rings. The normalized spacial score (nSPS) is 12.9. The predicted molar refractivity (Wildman–Crippen MR) is 93.6 cm³/mol. The Bertz CT molecular complexity index is 834. The molecule has 1 aromatic carbocycles. The van der Waals surface area contributed by atoms with Crippen LogP contribution < -0.4 is 5.76 Å². The maximum absolute atomic E-state index is 11.9. The molecule has 0 aliphatic heterocycles. The Balaban J connectivity index is 2.03. The second kappa shape index (κ2) is 6.10. The molecule has 0 amide bonds. The van der Waals surface area contributed by atoms with E-state index in [0.29, 0.717) is 12.1 Å². The standard InChI is InChI=1S/C15H13Br2NO2S/c1-2-7-18-10-4-3-9(8-11(10)20-15(18)19)14(17)12-5-6-13(16)21-12/h3-6,8,14H,2,7H2,1H3. The van der Waals surface area contributed by atoms with Crippen molar-refractivity contribution in [2.75, 3.05) is 0 Å². The molecule has 2 aromatic heterocycles. The molecule has 3 rings (SSSR count). The molecule has 0 aliphatic carbocycles. The number of oxazole rings is 1. The lowest BCUT2D eigenvalue weighted by atomic mass is 10.1. The molecule has 1 unspecified atom stereocenters. The van der Waals surface area contributed by atoms with Gasteiger partial charge >= 0.3 is 5.76 Å². The van der Waals surface area contributed by atoms with E-state index in [1.807, 2.05) is 31.2 Å². The average Bonchev–Trinajstić information content (AvgIpc) is 3.02. The molecular weight excluding hydrogens is 418 g/mol. The highest BCUT2D eigenvalue weighted by Crippen LogP contribution is 2.37.